The number of nitrogens with zero attached hydrogens (tertiary/aromatic N) is 1. The molecule has 116 valence electrons. The zero-order valence-electron chi connectivity index (χ0n) is 13.0. The van der Waals surface area contributed by atoms with Gasteiger partial charge in [0.15, 0.2) is 0 Å². The summed E-state index contributed by atoms with van der Waals surface area (Å²) in [6.07, 6.45) is 4.55. The fraction of sp³-hybridized carbons (Fsp3) is 0.588. The maximum atomic E-state index is 12.8. The molecule has 2 unspecified atom stereocenters. The van der Waals surface area contributed by atoms with Gasteiger partial charge in [-0.3, -0.25) is 4.79 Å². The minimum absolute atomic E-state index is 0.0319. The number of carbonyl (C=O) groups excluding carboxylic acids is 1. The van der Waals surface area contributed by atoms with Crippen LogP contribution in [0.2, 0.25) is 0 Å². The van der Waals surface area contributed by atoms with Crippen molar-refractivity contribution < 1.29 is 9.53 Å². The largest absolute Gasteiger partial charge is 0.493 e. The summed E-state index contributed by atoms with van der Waals surface area (Å²) in [6.45, 7) is 3.13. The van der Waals surface area contributed by atoms with E-state index >= 15 is 0 Å². The molecule has 1 aromatic rings. The molecule has 1 aromatic carbocycles. The lowest BCUT2D eigenvalue weighted by molar-refractivity contribution is 0.0616. The van der Waals surface area contributed by atoms with E-state index in [0.717, 1.165) is 12.8 Å². The Morgan fingerprint density at radius 2 is 2.05 bits per heavy atom. The van der Waals surface area contributed by atoms with Crippen LogP contribution in [0.3, 0.4) is 0 Å². The molecule has 0 saturated heterocycles. The Hall–Kier alpha value is -1.55. The van der Waals surface area contributed by atoms with Crippen LogP contribution in [-0.2, 0) is 0 Å². The van der Waals surface area contributed by atoms with Crippen LogP contribution in [0.1, 0.15) is 43.0 Å². The van der Waals surface area contributed by atoms with Gasteiger partial charge in [0.25, 0.3) is 5.91 Å². The zero-order valence-corrected chi connectivity index (χ0v) is 13.0. The predicted molar refractivity (Wildman–Crippen MR) is 84.5 cm³/mol. The Morgan fingerprint density at radius 3 is 2.76 bits per heavy atom. The van der Waals surface area contributed by atoms with Gasteiger partial charge in [0, 0.05) is 13.1 Å². The van der Waals surface area contributed by atoms with Gasteiger partial charge in [-0.25, -0.2) is 0 Å². The van der Waals surface area contributed by atoms with Gasteiger partial charge in [-0.15, -0.1) is 0 Å². The second kappa shape index (κ2) is 7.46. The van der Waals surface area contributed by atoms with Crippen LogP contribution in [0.15, 0.2) is 24.3 Å². The summed E-state index contributed by atoms with van der Waals surface area (Å²) < 4.78 is 5.58. The smallest absolute Gasteiger partial charge is 0.257 e. The fourth-order valence-corrected chi connectivity index (χ4v) is 3.24. The maximum Gasteiger partial charge on any atom is 0.257 e. The molecule has 2 rings (SSSR count). The number of benzene rings is 1. The SMILES string of the molecule is CCOc1ccccc1C(=O)N(C)C1CCCCC1CN. The lowest BCUT2D eigenvalue weighted by Gasteiger charge is -2.37. The molecule has 2 atom stereocenters. The third-order valence-corrected chi connectivity index (χ3v) is 4.41. The number of amides is 1. The van der Waals surface area contributed by atoms with Crippen molar-refractivity contribution >= 4 is 5.91 Å². The van der Waals surface area contributed by atoms with E-state index in [1.807, 2.05) is 43.1 Å². The molecule has 2 N–H and O–H groups in total. The molecule has 0 bridgehead atoms. The number of carbonyl (C=O) groups is 1. The summed E-state index contributed by atoms with van der Waals surface area (Å²) in [4.78, 5) is 14.7. The van der Waals surface area contributed by atoms with Crippen molar-refractivity contribution in [2.24, 2.45) is 11.7 Å². The highest BCUT2D eigenvalue weighted by Crippen LogP contribution is 2.29. The van der Waals surface area contributed by atoms with Crippen LogP contribution in [0.4, 0.5) is 0 Å². The van der Waals surface area contributed by atoms with Crippen LogP contribution in [-0.4, -0.2) is 37.0 Å². The normalized spacial score (nSPS) is 21.9. The molecule has 0 radical (unpaired) electrons. The van der Waals surface area contributed by atoms with Crippen molar-refractivity contribution in [1.82, 2.24) is 4.90 Å². The molecule has 0 heterocycles. The van der Waals surface area contributed by atoms with E-state index < -0.39 is 0 Å². The summed E-state index contributed by atoms with van der Waals surface area (Å²) in [5.74, 6) is 1.10. The Bertz CT molecular complexity index is 476. The van der Waals surface area contributed by atoms with Crippen molar-refractivity contribution in [3.05, 3.63) is 29.8 Å². The summed E-state index contributed by atoms with van der Waals surface area (Å²) in [6, 6.07) is 7.71. The number of hydrogen-bond donors (Lipinski definition) is 1. The van der Waals surface area contributed by atoms with E-state index in [-0.39, 0.29) is 11.9 Å². The summed E-state index contributed by atoms with van der Waals surface area (Å²) in [5.41, 5.74) is 6.53. The second-order valence-electron chi connectivity index (χ2n) is 5.69. The third-order valence-electron chi connectivity index (χ3n) is 4.41. The molecule has 1 amide bonds. The molecule has 0 spiro atoms. The molecule has 21 heavy (non-hydrogen) atoms. The lowest BCUT2D eigenvalue weighted by Crippen LogP contribution is -2.46. The summed E-state index contributed by atoms with van der Waals surface area (Å²) in [7, 11) is 1.89. The van der Waals surface area contributed by atoms with E-state index in [9.17, 15) is 4.79 Å². The van der Waals surface area contributed by atoms with Gasteiger partial charge in [0.05, 0.1) is 12.2 Å². The van der Waals surface area contributed by atoms with Crippen molar-refractivity contribution in [3.8, 4) is 5.75 Å². The monoisotopic (exact) mass is 290 g/mol. The maximum absolute atomic E-state index is 12.8. The second-order valence-corrected chi connectivity index (χ2v) is 5.69. The lowest BCUT2D eigenvalue weighted by atomic mass is 9.83. The molecular weight excluding hydrogens is 264 g/mol. The van der Waals surface area contributed by atoms with E-state index in [2.05, 4.69) is 0 Å². The Kier molecular flexibility index (Phi) is 5.62. The first-order chi connectivity index (χ1) is 10.2. The fourth-order valence-electron chi connectivity index (χ4n) is 3.24. The molecule has 1 fully saturated rings. The highest BCUT2D eigenvalue weighted by Gasteiger charge is 2.31. The number of nitrogens with two attached hydrogens (primary N) is 1. The number of para-hydroxylation sites is 1. The molecular formula is C17H26N2O2. The van der Waals surface area contributed by atoms with Crippen LogP contribution in [0.5, 0.6) is 5.75 Å². The number of ether oxygens (including phenoxy) is 1. The van der Waals surface area contributed by atoms with Crippen molar-refractivity contribution in [3.63, 3.8) is 0 Å². The van der Waals surface area contributed by atoms with Gasteiger partial charge in [-0.2, -0.15) is 0 Å². The van der Waals surface area contributed by atoms with Crippen LogP contribution < -0.4 is 10.5 Å². The average molecular weight is 290 g/mol. The molecule has 1 aliphatic carbocycles. The van der Waals surface area contributed by atoms with Crippen molar-refractivity contribution in [2.45, 2.75) is 38.6 Å². The molecule has 1 saturated carbocycles. The minimum atomic E-state index is 0.0319. The van der Waals surface area contributed by atoms with Crippen molar-refractivity contribution in [1.29, 1.82) is 0 Å². The Balaban J connectivity index is 2.18. The molecule has 4 heteroatoms. The molecule has 0 aromatic heterocycles. The van der Waals surface area contributed by atoms with Gasteiger partial charge in [0.1, 0.15) is 5.75 Å². The van der Waals surface area contributed by atoms with Gasteiger partial charge in [-0.05, 0) is 44.4 Å². The van der Waals surface area contributed by atoms with Gasteiger partial charge >= 0.3 is 0 Å². The predicted octanol–water partition coefficient (Wildman–Crippen LogP) is 2.67. The third kappa shape index (κ3) is 3.56. The first kappa shape index (κ1) is 15.8. The highest BCUT2D eigenvalue weighted by molar-refractivity contribution is 5.97. The van der Waals surface area contributed by atoms with Crippen LogP contribution in [0, 0.1) is 5.92 Å². The van der Waals surface area contributed by atoms with Gasteiger partial charge < -0.3 is 15.4 Å². The minimum Gasteiger partial charge on any atom is -0.493 e. The highest BCUT2D eigenvalue weighted by atomic mass is 16.5. The molecule has 0 aliphatic heterocycles. The van der Waals surface area contributed by atoms with Crippen molar-refractivity contribution in [2.75, 3.05) is 20.2 Å². The summed E-state index contributed by atoms with van der Waals surface area (Å²) in [5, 5.41) is 0. The van der Waals surface area contributed by atoms with E-state index in [4.69, 9.17) is 10.5 Å². The standard InChI is InChI=1S/C17H26N2O2/c1-3-21-16-11-7-5-9-14(16)17(20)19(2)15-10-6-4-8-13(15)12-18/h5,7,9,11,13,15H,3-4,6,8,10,12,18H2,1-2H3. The van der Waals surface area contributed by atoms with Crippen LogP contribution in [0.25, 0.3) is 0 Å². The Labute approximate surface area is 127 Å². The zero-order chi connectivity index (χ0) is 15.2. The first-order valence-electron chi connectivity index (χ1n) is 7.88. The molecule has 1 aliphatic rings. The summed E-state index contributed by atoms with van der Waals surface area (Å²) >= 11 is 0. The Morgan fingerprint density at radius 1 is 1.33 bits per heavy atom. The van der Waals surface area contributed by atoms with E-state index in [1.54, 1.807) is 0 Å². The molecule has 4 nitrogen and oxygen atoms in total. The van der Waals surface area contributed by atoms with E-state index in [1.165, 1.54) is 12.8 Å². The quantitative estimate of drug-likeness (QED) is 0.907. The first-order valence-corrected chi connectivity index (χ1v) is 7.88. The van der Waals surface area contributed by atoms with E-state index in [0.29, 0.717) is 30.4 Å². The number of rotatable bonds is 5. The topological polar surface area (TPSA) is 55.6 Å². The van der Waals surface area contributed by atoms with Gasteiger partial charge in [0.2, 0.25) is 0 Å². The van der Waals surface area contributed by atoms with Crippen LogP contribution >= 0.6 is 0 Å². The average Bonchev–Trinajstić information content (AvgIpc) is 2.54. The number of hydrogen-bond acceptors (Lipinski definition) is 3. The van der Waals surface area contributed by atoms with Gasteiger partial charge in [-0.1, -0.05) is 25.0 Å².